The van der Waals surface area contributed by atoms with Crippen LogP contribution in [0.4, 0.5) is 11.5 Å². The van der Waals surface area contributed by atoms with Crippen LogP contribution in [0.5, 0.6) is 11.5 Å². The largest absolute Gasteiger partial charge is 0.497 e. The van der Waals surface area contributed by atoms with Gasteiger partial charge in [0.1, 0.15) is 16.5 Å². The molecule has 1 aromatic heterocycles. The molecule has 0 radical (unpaired) electrons. The van der Waals surface area contributed by atoms with Gasteiger partial charge in [-0.3, -0.25) is 4.79 Å². The molecule has 4 rings (SSSR count). The van der Waals surface area contributed by atoms with Gasteiger partial charge in [-0.1, -0.05) is 29.5 Å². The Labute approximate surface area is 198 Å². The maximum atomic E-state index is 12.9. The second-order valence-electron chi connectivity index (χ2n) is 7.95. The van der Waals surface area contributed by atoms with Crippen LogP contribution in [-0.4, -0.2) is 43.2 Å². The molecule has 7 nitrogen and oxygen atoms in total. The third-order valence-electron chi connectivity index (χ3n) is 5.67. The van der Waals surface area contributed by atoms with Crippen molar-refractivity contribution in [3.63, 3.8) is 0 Å². The highest BCUT2D eigenvalue weighted by molar-refractivity contribution is 7.99. The summed E-state index contributed by atoms with van der Waals surface area (Å²) in [6.45, 7) is 3.58. The Morgan fingerprint density at radius 2 is 1.64 bits per heavy atom. The molecular formula is C25H28N4O3S. The maximum absolute atomic E-state index is 12.9. The molecule has 1 aliphatic heterocycles. The number of nitrogens with one attached hydrogen (secondary N) is 1. The van der Waals surface area contributed by atoms with E-state index in [4.69, 9.17) is 9.47 Å². The molecule has 0 bridgehead atoms. The number of aromatic nitrogens is 2. The second-order valence-corrected chi connectivity index (χ2v) is 9.01. The number of nitrogens with zero attached hydrogens (tertiary/aromatic N) is 3. The average molecular weight is 465 g/mol. The number of amides is 1. The molecule has 0 unspecified atom stereocenters. The molecule has 0 spiro atoms. The van der Waals surface area contributed by atoms with Crippen molar-refractivity contribution in [2.45, 2.75) is 29.7 Å². The van der Waals surface area contributed by atoms with Crippen molar-refractivity contribution in [3.8, 4) is 11.5 Å². The van der Waals surface area contributed by atoms with Crippen molar-refractivity contribution in [1.29, 1.82) is 0 Å². The molecule has 0 atom stereocenters. The zero-order chi connectivity index (χ0) is 23.2. The van der Waals surface area contributed by atoms with E-state index in [-0.39, 0.29) is 11.8 Å². The van der Waals surface area contributed by atoms with Crippen molar-refractivity contribution in [1.82, 2.24) is 9.97 Å². The topological polar surface area (TPSA) is 76.6 Å². The molecule has 0 saturated carbocycles. The molecule has 33 heavy (non-hydrogen) atoms. The summed E-state index contributed by atoms with van der Waals surface area (Å²) in [6, 6.07) is 13.8. The minimum absolute atomic E-state index is 0.0124. The van der Waals surface area contributed by atoms with Gasteiger partial charge in [0.05, 0.1) is 14.2 Å². The van der Waals surface area contributed by atoms with E-state index in [9.17, 15) is 4.79 Å². The third-order valence-corrected chi connectivity index (χ3v) is 6.66. The SMILES string of the molecule is COc1cc(NC(=O)C2CCN(c3nccnc3Sc3ccc(C)cc3)CC2)cc(OC)c1. The average Bonchev–Trinajstić information content (AvgIpc) is 2.85. The van der Waals surface area contributed by atoms with Crippen LogP contribution < -0.4 is 19.7 Å². The van der Waals surface area contributed by atoms with E-state index in [1.807, 2.05) is 0 Å². The number of hydrogen-bond acceptors (Lipinski definition) is 7. The fraction of sp³-hybridized carbons (Fsp3) is 0.320. The summed E-state index contributed by atoms with van der Waals surface area (Å²) < 4.78 is 10.6. The van der Waals surface area contributed by atoms with Gasteiger partial charge in [0.2, 0.25) is 5.91 Å². The summed E-state index contributed by atoms with van der Waals surface area (Å²) in [5.74, 6) is 2.10. The van der Waals surface area contributed by atoms with E-state index < -0.39 is 0 Å². The summed E-state index contributed by atoms with van der Waals surface area (Å²) in [6.07, 6.45) is 4.95. The smallest absolute Gasteiger partial charge is 0.227 e. The predicted octanol–water partition coefficient (Wildman–Crippen LogP) is 4.81. The van der Waals surface area contributed by atoms with Gasteiger partial charge in [-0.05, 0) is 31.9 Å². The monoisotopic (exact) mass is 464 g/mol. The first-order valence-corrected chi connectivity index (χ1v) is 11.7. The van der Waals surface area contributed by atoms with Crippen molar-refractivity contribution in [3.05, 3.63) is 60.4 Å². The molecule has 1 amide bonds. The number of piperidine rings is 1. The lowest BCUT2D eigenvalue weighted by Crippen LogP contribution is -2.38. The van der Waals surface area contributed by atoms with Gasteiger partial charge in [-0.25, -0.2) is 9.97 Å². The van der Waals surface area contributed by atoms with Crippen molar-refractivity contribution < 1.29 is 14.3 Å². The van der Waals surface area contributed by atoms with Crippen LogP contribution in [0.2, 0.25) is 0 Å². The van der Waals surface area contributed by atoms with Crippen LogP contribution in [0.1, 0.15) is 18.4 Å². The van der Waals surface area contributed by atoms with Crippen LogP contribution in [0.25, 0.3) is 0 Å². The Morgan fingerprint density at radius 3 is 2.27 bits per heavy atom. The molecule has 1 fully saturated rings. The van der Waals surface area contributed by atoms with Crippen LogP contribution in [0.15, 0.2) is 64.8 Å². The van der Waals surface area contributed by atoms with Crippen LogP contribution in [-0.2, 0) is 4.79 Å². The highest BCUT2D eigenvalue weighted by Gasteiger charge is 2.27. The Hall–Kier alpha value is -3.26. The fourth-order valence-corrected chi connectivity index (χ4v) is 4.68. The Kier molecular flexibility index (Phi) is 7.34. The van der Waals surface area contributed by atoms with E-state index >= 15 is 0 Å². The van der Waals surface area contributed by atoms with Gasteiger partial charge >= 0.3 is 0 Å². The first-order valence-electron chi connectivity index (χ1n) is 10.9. The minimum Gasteiger partial charge on any atom is -0.497 e. The summed E-state index contributed by atoms with van der Waals surface area (Å²) in [5.41, 5.74) is 1.90. The minimum atomic E-state index is -0.0664. The van der Waals surface area contributed by atoms with Crippen molar-refractivity contribution >= 4 is 29.2 Å². The molecule has 3 aromatic rings. The number of aryl methyl sites for hydroxylation is 1. The van der Waals surface area contributed by atoms with Crippen LogP contribution in [0.3, 0.4) is 0 Å². The fourth-order valence-electron chi connectivity index (χ4n) is 3.80. The van der Waals surface area contributed by atoms with Crippen LogP contribution >= 0.6 is 11.8 Å². The standard InChI is InChI=1S/C25H28N4O3S/c1-17-4-6-22(7-5-17)33-25-23(26-10-11-27-25)29-12-8-18(9-13-29)24(30)28-19-14-20(31-2)16-21(15-19)32-3/h4-7,10-11,14-16,18H,8-9,12-13H2,1-3H3,(H,28,30). The van der Waals surface area contributed by atoms with Gasteiger partial charge in [0, 0.05) is 60.2 Å². The number of benzene rings is 2. The lowest BCUT2D eigenvalue weighted by atomic mass is 9.96. The van der Waals surface area contributed by atoms with E-state index in [0.717, 1.165) is 41.7 Å². The highest BCUT2D eigenvalue weighted by Crippen LogP contribution is 2.34. The van der Waals surface area contributed by atoms with Gasteiger partial charge in [-0.15, -0.1) is 0 Å². The molecule has 2 heterocycles. The van der Waals surface area contributed by atoms with E-state index in [2.05, 4.69) is 51.4 Å². The lowest BCUT2D eigenvalue weighted by Gasteiger charge is -2.32. The Bertz CT molecular complexity index is 1080. The number of anilines is 2. The first kappa shape index (κ1) is 22.9. The Morgan fingerprint density at radius 1 is 1.00 bits per heavy atom. The van der Waals surface area contributed by atoms with Gasteiger partial charge in [0.15, 0.2) is 5.82 Å². The lowest BCUT2D eigenvalue weighted by molar-refractivity contribution is -0.120. The second kappa shape index (κ2) is 10.6. The van der Waals surface area contributed by atoms with Gasteiger partial charge < -0.3 is 19.7 Å². The molecule has 1 N–H and O–H groups in total. The summed E-state index contributed by atoms with van der Waals surface area (Å²) in [7, 11) is 3.18. The van der Waals surface area contributed by atoms with Gasteiger partial charge in [-0.2, -0.15) is 0 Å². The number of carbonyl (C=O) groups is 1. The zero-order valence-corrected chi connectivity index (χ0v) is 19.9. The van der Waals surface area contributed by atoms with Crippen molar-refractivity contribution in [2.75, 3.05) is 37.5 Å². The number of ether oxygens (including phenoxy) is 2. The maximum Gasteiger partial charge on any atom is 0.227 e. The highest BCUT2D eigenvalue weighted by atomic mass is 32.2. The van der Waals surface area contributed by atoms with E-state index in [1.54, 1.807) is 56.6 Å². The first-order chi connectivity index (χ1) is 16.1. The molecule has 1 aliphatic rings. The van der Waals surface area contributed by atoms with Crippen LogP contribution in [0, 0.1) is 12.8 Å². The number of methoxy groups -OCH3 is 2. The third kappa shape index (κ3) is 5.76. The zero-order valence-electron chi connectivity index (χ0n) is 19.1. The molecule has 1 saturated heterocycles. The summed E-state index contributed by atoms with van der Waals surface area (Å²) in [4.78, 5) is 25.4. The van der Waals surface area contributed by atoms with E-state index in [1.165, 1.54) is 5.56 Å². The number of hydrogen-bond donors (Lipinski definition) is 1. The van der Waals surface area contributed by atoms with Gasteiger partial charge in [0.25, 0.3) is 0 Å². The molecule has 8 heteroatoms. The molecular weight excluding hydrogens is 436 g/mol. The molecule has 2 aromatic carbocycles. The number of rotatable bonds is 7. The normalized spacial score (nSPS) is 14.1. The Balaban J connectivity index is 1.39. The summed E-state index contributed by atoms with van der Waals surface area (Å²) >= 11 is 1.61. The molecule has 0 aliphatic carbocycles. The van der Waals surface area contributed by atoms with Crippen molar-refractivity contribution in [2.24, 2.45) is 5.92 Å². The van der Waals surface area contributed by atoms with E-state index in [0.29, 0.717) is 17.2 Å². The number of carbonyl (C=O) groups excluding carboxylic acids is 1. The quantitative estimate of drug-likeness (QED) is 0.538. The predicted molar refractivity (Wildman–Crippen MR) is 130 cm³/mol. The molecule has 172 valence electrons. The summed E-state index contributed by atoms with van der Waals surface area (Å²) in [5, 5.41) is 3.90.